The molecule has 3 aliphatic rings. The van der Waals surface area contributed by atoms with E-state index >= 15 is 0 Å². The van der Waals surface area contributed by atoms with Crippen LogP contribution in [0.2, 0.25) is 0 Å². The molecule has 0 aliphatic carbocycles. The highest BCUT2D eigenvalue weighted by molar-refractivity contribution is 6.04. The maximum absolute atomic E-state index is 12.9. The predicted octanol–water partition coefficient (Wildman–Crippen LogP) is 2.25. The Morgan fingerprint density at radius 1 is 1.00 bits per heavy atom. The summed E-state index contributed by atoms with van der Waals surface area (Å²) in [5.74, 6) is -0.0925. The second kappa shape index (κ2) is 7.27. The molecule has 3 amide bonds. The van der Waals surface area contributed by atoms with Crippen LogP contribution in [0.3, 0.4) is 0 Å². The summed E-state index contributed by atoms with van der Waals surface area (Å²) in [6.07, 6.45) is -2.72. The van der Waals surface area contributed by atoms with Gasteiger partial charge in [-0.25, -0.2) is 4.79 Å². The second-order valence-corrected chi connectivity index (χ2v) is 7.50. The number of benzene rings is 1. The third-order valence-corrected chi connectivity index (χ3v) is 5.83. The van der Waals surface area contributed by atoms with Crippen molar-refractivity contribution in [3.63, 3.8) is 0 Å². The molecule has 9 heteroatoms. The Morgan fingerprint density at radius 2 is 1.75 bits per heavy atom. The number of rotatable bonds is 4. The molecule has 1 atom stereocenters. The van der Waals surface area contributed by atoms with Crippen LogP contribution in [0.15, 0.2) is 24.3 Å². The molecule has 0 spiro atoms. The molecule has 1 aromatic rings. The molecule has 1 aromatic carbocycles. The van der Waals surface area contributed by atoms with Gasteiger partial charge in [0.1, 0.15) is 6.04 Å². The van der Waals surface area contributed by atoms with Gasteiger partial charge in [-0.1, -0.05) is 6.07 Å². The lowest BCUT2D eigenvalue weighted by Gasteiger charge is -2.36. The van der Waals surface area contributed by atoms with Crippen LogP contribution in [0, 0.1) is 0 Å². The van der Waals surface area contributed by atoms with Crippen molar-refractivity contribution in [2.75, 3.05) is 50.7 Å². The van der Waals surface area contributed by atoms with Crippen LogP contribution < -0.4 is 4.90 Å². The van der Waals surface area contributed by atoms with E-state index in [0.717, 1.165) is 18.9 Å². The molecule has 0 radical (unpaired) electrons. The largest absolute Gasteiger partial charge is 0.416 e. The van der Waals surface area contributed by atoms with Crippen molar-refractivity contribution in [2.24, 2.45) is 0 Å². The lowest BCUT2D eigenvalue weighted by molar-refractivity contribution is -0.137. The highest BCUT2D eigenvalue weighted by Gasteiger charge is 2.47. The van der Waals surface area contributed by atoms with Crippen molar-refractivity contribution in [3.05, 3.63) is 29.8 Å². The number of nitrogens with zero attached hydrogens (tertiary/aromatic N) is 4. The fourth-order valence-electron chi connectivity index (χ4n) is 4.24. The Morgan fingerprint density at radius 3 is 2.43 bits per heavy atom. The van der Waals surface area contributed by atoms with E-state index in [0.29, 0.717) is 51.5 Å². The Balaban J connectivity index is 1.29. The molecule has 3 heterocycles. The standard InChI is InChI=1S/C19H23F3N4O2/c20-19(21,22)14-3-1-4-15(13-14)24-10-7-23(8-11-24)9-12-26-17(27)16-5-2-6-25(16)18(26)28/h1,3-4,13,16H,2,5-12H2/t16-/m0/s1. The van der Waals surface area contributed by atoms with Crippen LogP contribution in [0.5, 0.6) is 0 Å². The predicted molar refractivity (Wildman–Crippen MR) is 96.9 cm³/mol. The number of halogens is 3. The first-order valence-electron chi connectivity index (χ1n) is 9.61. The van der Waals surface area contributed by atoms with Gasteiger partial charge in [0, 0.05) is 51.5 Å². The molecule has 152 valence electrons. The maximum atomic E-state index is 12.9. The number of amides is 3. The Hall–Kier alpha value is -2.29. The van der Waals surface area contributed by atoms with Crippen molar-refractivity contribution in [2.45, 2.75) is 25.1 Å². The summed E-state index contributed by atoms with van der Waals surface area (Å²) in [5, 5.41) is 0. The van der Waals surface area contributed by atoms with Crippen LogP contribution in [0.1, 0.15) is 18.4 Å². The molecule has 28 heavy (non-hydrogen) atoms. The summed E-state index contributed by atoms with van der Waals surface area (Å²) in [7, 11) is 0. The first-order valence-corrected chi connectivity index (χ1v) is 9.61. The van der Waals surface area contributed by atoms with Crippen molar-refractivity contribution >= 4 is 17.6 Å². The van der Waals surface area contributed by atoms with Gasteiger partial charge in [-0.05, 0) is 31.0 Å². The summed E-state index contributed by atoms with van der Waals surface area (Å²) < 4.78 is 38.7. The number of urea groups is 1. The van der Waals surface area contributed by atoms with E-state index in [4.69, 9.17) is 0 Å². The first kappa shape index (κ1) is 19.0. The minimum absolute atomic E-state index is 0.0925. The highest BCUT2D eigenvalue weighted by atomic mass is 19.4. The maximum Gasteiger partial charge on any atom is 0.416 e. The number of anilines is 1. The average Bonchev–Trinajstić information content (AvgIpc) is 3.25. The van der Waals surface area contributed by atoms with Crippen LogP contribution in [-0.2, 0) is 11.0 Å². The molecule has 0 bridgehead atoms. The minimum Gasteiger partial charge on any atom is -0.369 e. The number of carbonyl (C=O) groups is 2. The van der Waals surface area contributed by atoms with E-state index in [2.05, 4.69) is 4.90 Å². The van der Waals surface area contributed by atoms with Gasteiger partial charge in [-0.2, -0.15) is 13.2 Å². The van der Waals surface area contributed by atoms with Gasteiger partial charge >= 0.3 is 12.2 Å². The molecule has 4 rings (SSSR count). The van der Waals surface area contributed by atoms with Crippen LogP contribution in [0.4, 0.5) is 23.7 Å². The average molecular weight is 396 g/mol. The number of hydrogen-bond acceptors (Lipinski definition) is 4. The summed E-state index contributed by atoms with van der Waals surface area (Å²) >= 11 is 0. The summed E-state index contributed by atoms with van der Waals surface area (Å²) in [4.78, 5) is 31.8. The normalized spacial score (nSPS) is 23.7. The number of imide groups is 1. The van der Waals surface area contributed by atoms with Crippen molar-refractivity contribution < 1.29 is 22.8 Å². The molecular weight excluding hydrogens is 373 g/mol. The number of fused-ring (bicyclic) bond motifs is 1. The van der Waals surface area contributed by atoms with Gasteiger partial charge in [0.2, 0.25) is 0 Å². The quantitative estimate of drug-likeness (QED) is 0.733. The van der Waals surface area contributed by atoms with Gasteiger partial charge in [-0.3, -0.25) is 14.6 Å². The van der Waals surface area contributed by atoms with Crippen LogP contribution in [0.25, 0.3) is 0 Å². The van der Waals surface area contributed by atoms with Gasteiger partial charge in [-0.15, -0.1) is 0 Å². The first-order chi connectivity index (χ1) is 13.3. The molecule has 0 N–H and O–H groups in total. The van der Waals surface area contributed by atoms with Gasteiger partial charge in [0.05, 0.1) is 5.56 Å². The molecule has 3 saturated heterocycles. The number of carbonyl (C=O) groups excluding carboxylic acids is 2. The van der Waals surface area contributed by atoms with Crippen LogP contribution >= 0.6 is 0 Å². The highest BCUT2D eigenvalue weighted by Crippen LogP contribution is 2.32. The zero-order valence-corrected chi connectivity index (χ0v) is 15.5. The van der Waals surface area contributed by atoms with E-state index in [1.54, 1.807) is 11.0 Å². The fourth-order valence-corrected chi connectivity index (χ4v) is 4.24. The minimum atomic E-state index is -4.35. The third kappa shape index (κ3) is 3.55. The fraction of sp³-hybridized carbons (Fsp3) is 0.579. The zero-order chi connectivity index (χ0) is 19.9. The van der Waals surface area contributed by atoms with Gasteiger partial charge in [0.15, 0.2) is 0 Å². The van der Waals surface area contributed by atoms with E-state index in [9.17, 15) is 22.8 Å². The molecule has 0 aromatic heterocycles. The molecule has 3 fully saturated rings. The molecule has 3 aliphatic heterocycles. The molecule has 6 nitrogen and oxygen atoms in total. The summed E-state index contributed by atoms with van der Waals surface area (Å²) in [5.41, 5.74) is -0.0703. The smallest absolute Gasteiger partial charge is 0.369 e. The van der Waals surface area contributed by atoms with Crippen molar-refractivity contribution in [1.82, 2.24) is 14.7 Å². The van der Waals surface area contributed by atoms with E-state index < -0.39 is 11.7 Å². The summed E-state index contributed by atoms with van der Waals surface area (Å²) in [6, 6.07) is 4.93. The Kier molecular flexibility index (Phi) is 4.95. The van der Waals surface area contributed by atoms with Crippen LogP contribution in [-0.4, -0.2) is 78.5 Å². The third-order valence-electron chi connectivity index (χ3n) is 5.83. The molecular formula is C19H23F3N4O2. The molecule has 0 unspecified atom stereocenters. The van der Waals surface area contributed by atoms with Crippen molar-refractivity contribution in [3.8, 4) is 0 Å². The van der Waals surface area contributed by atoms with Crippen molar-refractivity contribution in [1.29, 1.82) is 0 Å². The Labute approximate surface area is 161 Å². The zero-order valence-electron chi connectivity index (χ0n) is 15.5. The number of piperazine rings is 1. The number of hydrogen-bond donors (Lipinski definition) is 0. The van der Waals surface area contributed by atoms with E-state index in [1.165, 1.54) is 17.0 Å². The SMILES string of the molecule is O=C1[C@@H]2CCCN2C(=O)N1CCN1CCN(c2cccc(C(F)(F)F)c2)CC1. The van der Waals surface area contributed by atoms with E-state index in [1.807, 2.05) is 4.90 Å². The second-order valence-electron chi connectivity index (χ2n) is 7.50. The van der Waals surface area contributed by atoms with Gasteiger partial charge in [0.25, 0.3) is 5.91 Å². The topological polar surface area (TPSA) is 47.1 Å². The van der Waals surface area contributed by atoms with Gasteiger partial charge < -0.3 is 9.80 Å². The number of alkyl halides is 3. The summed E-state index contributed by atoms with van der Waals surface area (Å²) in [6.45, 7) is 4.19. The lowest BCUT2D eigenvalue weighted by atomic mass is 10.1. The lowest BCUT2D eigenvalue weighted by Crippen LogP contribution is -2.49. The molecule has 0 saturated carbocycles. The Bertz CT molecular complexity index is 740. The monoisotopic (exact) mass is 396 g/mol. The van der Waals surface area contributed by atoms with E-state index in [-0.39, 0.29) is 18.0 Å².